The maximum absolute atomic E-state index is 12.8. The zero-order chi connectivity index (χ0) is 22.0. The number of aryl methyl sites for hydroxylation is 1. The van der Waals surface area contributed by atoms with E-state index in [1.54, 1.807) is 20.1 Å². The van der Waals surface area contributed by atoms with E-state index in [1.807, 2.05) is 55.5 Å². The van der Waals surface area contributed by atoms with Crippen LogP contribution in [0.5, 0.6) is 5.75 Å². The molecule has 158 valence electrons. The summed E-state index contributed by atoms with van der Waals surface area (Å²) in [6.45, 7) is 3.81. The van der Waals surface area contributed by atoms with Gasteiger partial charge in [0.2, 0.25) is 5.91 Å². The van der Waals surface area contributed by atoms with Crippen LogP contribution in [0.3, 0.4) is 0 Å². The molecule has 2 amide bonds. The molecule has 0 saturated carbocycles. The molecule has 2 aromatic heterocycles. The summed E-state index contributed by atoms with van der Waals surface area (Å²) < 4.78 is 5.30. The van der Waals surface area contributed by atoms with Crippen molar-refractivity contribution in [2.24, 2.45) is 0 Å². The van der Waals surface area contributed by atoms with E-state index in [2.05, 4.69) is 20.6 Å². The van der Waals surface area contributed by atoms with Gasteiger partial charge in [0.15, 0.2) is 0 Å². The molecule has 7 heteroatoms. The maximum Gasteiger partial charge on any atom is 0.270 e. The van der Waals surface area contributed by atoms with Gasteiger partial charge in [-0.3, -0.25) is 9.59 Å². The second-order valence-corrected chi connectivity index (χ2v) is 7.41. The number of nitrogens with one attached hydrogen (secondary N) is 3. The van der Waals surface area contributed by atoms with Crippen LogP contribution in [-0.4, -0.2) is 34.9 Å². The van der Waals surface area contributed by atoms with Crippen molar-refractivity contribution >= 4 is 33.6 Å². The van der Waals surface area contributed by atoms with Crippen molar-refractivity contribution in [3.05, 3.63) is 71.5 Å². The minimum absolute atomic E-state index is 0.277. The molecule has 0 bridgehead atoms. The van der Waals surface area contributed by atoms with Crippen LogP contribution in [0.4, 0.5) is 0 Å². The normalized spacial score (nSPS) is 12.0. The van der Waals surface area contributed by atoms with Crippen molar-refractivity contribution in [2.75, 3.05) is 7.11 Å². The highest BCUT2D eigenvalue weighted by atomic mass is 16.5. The Morgan fingerprint density at radius 1 is 1.10 bits per heavy atom. The molecule has 1 unspecified atom stereocenters. The van der Waals surface area contributed by atoms with Crippen LogP contribution in [-0.2, 0) is 11.3 Å². The number of carbonyl (C=O) groups is 2. The van der Waals surface area contributed by atoms with Crippen molar-refractivity contribution in [3.63, 3.8) is 0 Å². The number of carbonyl (C=O) groups excluding carboxylic acids is 2. The zero-order valence-electron chi connectivity index (χ0n) is 17.7. The fourth-order valence-electron chi connectivity index (χ4n) is 3.64. The molecule has 0 aliphatic rings. The predicted molar refractivity (Wildman–Crippen MR) is 120 cm³/mol. The molecule has 2 aromatic carbocycles. The number of ether oxygens (including phenoxy) is 1. The summed E-state index contributed by atoms with van der Waals surface area (Å²) in [5.74, 6) is 0.0190. The van der Waals surface area contributed by atoms with Gasteiger partial charge in [0.25, 0.3) is 5.91 Å². The van der Waals surface area contributed by atoms with Crippen LogP contribution in [0.1, 0.15) is 28.7 Å². The van der Waals surface area contributed by atoms with Crippen LogP contribution in [0, 0.1) is 6.92 Å². The van der Waals surface area contributed by atoms with Gasteiger partial charge in [-0.25, -0.2) is 4.98 Å². The molecule has 0 spiro atoms. The number of aromatic amines is 1. The fraction of sp³-hybridized carbons (Fsp3) is 0.208. The highest BCUT2D eigenvalue weighted by Gasteiger charge is 2.19. The third-order valence-electron chi connectivity index (χ3n) is 5.30. The van der Waals surface area contributed by atoms with Gasteiger partial charge >= 0.3 is 0 Å². The van der Waals surface area contributed by atoms with Gasteiger partial charge in [-0.2, -0.15) is 0 Å². The van der Waals surface area contributed by atoms with Gasteiger partial charge < -0.3 is 20.4 Å². The third kappa shape index (κ3) is 4.07. The highest BCUT2D eigenvalue weighted by Crippen LogP contribution is 2.27. The summed E-state index contributed by atoms with van der Waals surface area (Å²) in [7, 11) is 1.59. The molecule has 7 nitrogen and oxygen atoms in total. The number of amides is 2. The monoisotopic (exact) mass is 416 g/mol. The Balaban J connectivity index is 1.47. The molecule has 0 fully saturated rings. The number of fused-ring (bicyclic) bond motifs is 3. The summed E-state index contributed by atoms with van der Waals surface area (Å²) in [6.07, 6.45) is 0. The maximum atomic E-state index is 12.8. The SMILES string of the molecule is COc1ccccc1CNC(=O)C(C)NC(=O)c1cc2c([nH]c3ccccc32)c(C)n1. The molecule has 1 atom stereocenters. The van der Waals surface area contributed by atoms with Crippen molar-refractivity contribution in [3.8, 4) is 5.75 Å². The Hall–Kier alpha value is -3.87. The standard InChI is InChI=1S/C24H24N4O3/c1-14-22-18(17-9-5-6-10-19(17)28-22)12-20(26-14)24(30)27-15(2)23(29)25-13-16-8-4-7-11-21(16)31-3/h4-12,15,28H,13H2,1-3H3,(H,25,29)(H,27,30). The van der Waals surface area contributed by atoms with E-state index < -0.39 is 11.9 Å². The van der Waals surface area contributed by atoms with Crippen molar-refractivity contribution in [1.82, 2.24) is 20.6 Å². The number of nitrogens with zero attached hydrogens (tertiary/aromatic N) is 1. The first-order chi connectivity index (χ1) is 15.0. The van der Waals surface area contributed by atoms with Crippen LogP contribution < -0.4 is 15.4 Å². The largest absolute Gasteiger partial charge is 0.496 e. The van der Waals surface area contributed by atoms with Crippen LogP contribution >= 0.6 is 0 Å². The number of H-pyrrole nitrogens is 1. The van der Waals surface area contributed by atoms with Gasteiger partial charge in [-0.15, -0.1) is 0 Å². The lowest BCUT2D eigenvalue weighted by molar-refractivity contribution is -0.122. The van der Waals surface area contributed by atoms with Gasteiger partial charge in [-0.1, -0.05) is 36.4 Å². The lowest BCUT2D eigenvalue weighted by Crippen LogP contribution is -2.44. The first-order valence-electron chi connectivity index (χ1n) is 10.1. The number of methoxy groups -OCH3 is 1. The molecule has 0 aliphatic carbocycles. The number of hydrogen-bond donors (Lipinski definition) is 3. The minimum Gasteiger partial charge on any atom is -0.496 e. The second kappa shape index (κ2) is 8.47. The van der Waals surface area contributed by atoms with Gasteiger partial charge in [0.1, 0.15) is 17.5 Å². The number of benzene rings is 2. The molecule has 4 rings (SSSR count). The fourth-order valence-corrected chi connectivity index (χ4v) is 3.64. The van der Waals surface area contributed by atoms with E-state index in [0.29, 0.717) is 12.3 Å². The number of pyridine rings is 1. The summed E-state index contributed by atoms with van der Waals surface area (Å²) >= 11 is 0. The number of hydrogen-bond acceptors (Lipinski definition) is 4. The molecular formula is C24H24N4O3. The van der Waals surface area contributed by atoms with Crippen molar-refractivity contribution < 1.29 is 14.3 Å². The molecular weight excluding hydrogens is 392 g/mol. The van der Waals surface area contributed by atoms with E-state index in [4.69, 9.17) is 4.74 Å². The van der Waals surface area contributed by atoms with Crippen LogP contribution in [0.25, 0.3) is 21.8 Å². The van der Waals surface area contributed by atoms with Crippen LogP contribution in [0.15, 0.2) is 54.6 Å². The average molecular weight is 416 g/mol. The number of rotatable bonds is 6. The quantitative estimate of drug-likeness (QED) is 0.448. The smallest absolute Gasteiger partial charge is 0.270 e. The molecule has 0 radical (unpaired) electrons. The molecule has 2 heterocycles. The van der Waals surface area contributed by atoms with E-state index in [9.17, 15) is 9.59 Å². The molecule has 0 saturated heterocycles. The number of para-hydroxylation sites is 2. The van der Waals surface area contributed by atoms with E-state index >= 15 is 0 Å². The van der Waals surface area contributed by atoms with E-state index in [-0.39, 0.29) is 11.6 Å². The van der Waals surface area contributed by atoms with Gasteiger partial charge in [0, 0.05) is 28.4 Å². The summed E-state index contributed by atoms with van der Waals surface area (Å²) in [5.41, 5.74) is 3.76. The van der Waals surface area contributed by atoms with Crippen LogP contribution in [0.2, 0.25) is 0 Å². The Kier molecular flexibility index (Phi) is 5.58. The lowest BCUT2D eigenvalue weighted by Gasteiger charge is -2.15. The third-order valence-corrected chi connectivity index (χ3v) is 5.30. The van der Waals surface area contributed by atoms with E-state index in [1.165, 1.54) is 0 Å². The Labute approximate surface area is 179 Å². The highest BCUT2D eigenvalue weighted by molar-refractivity contribution is 6.10. The minimum atomic E-state index is -0.719. The summed E-state index contributed by atoms with van der Waals surface area (Å²) in [4.78, 5) is 33.1. The Bertz CT molecular complexity index is 1280. The Morgan fingerprint density at radius 3 is 2.65 bits per heavy atom. The Morgan fingerprint density at radius 2 is 1.84 bits per heavy atom. The van der Waals surface area contributed by atoms with E-state index in [0.717, 1.165) is 33.1 Å². The first-order valence-corrected chi connectivity index (χ1v) is 10.1. The van der Waals surface area contributed by atoms with Gasteiger partial charge in [0.05, 0.1) is 18.3 Å². The molecule has 3 N–H and O–H groups in total. The average Bonchev–Trinajstić information content (AvgIpc) is 3.17. The predicted octanol–water partition coefficient (Wildman–Crippen LogP) is 3.47. The van der Waals surface area contributed by atoms with Crippen molar-refractivity contribution in [1.29, 1.82) is 0 Å². The van der Waals surface area contributed by atoms with Gasteiger partial charge in [-0.05, 0) is 32.0 Å². The number of aromatic nitrogens is 2. The second-order valence-electron chi connectivity index (χ2n) is 7.41. The molecule has 0 aliphatic heterocycles. The topological polar surface area (TPSA) is 96.1 Å². The van der Waals surface area contributed by atoms with Crippen molar-refractivity contribution in [2.45, 2.75) is 26.4 Å². The first kappa shape index (κ1) is 20.4. The summed E-state index contributed by atoms with van der Waals surface area (Å²) in [5, 5.41) is 7.53. The summed E-state index contributed by atoms with van der Waals surface area (Å²) in [6, 6.07) is 16.4. The molecule has 4 aromatic rings. The lowest BCUT2D eigenvalue weighted by atomic mass is 10.1. The molecule has 31 heavy (non-hydrogen) atoms. The zero-order valence-corrected chi connectivity index (χ0v) is 17.7.